The van der Waals surface area contributed by atoms with Gasteiger partial charge in [0.05, 0.1) is 24.8 Å². The molecule has 7 nitrogen and oxygen atoms in total. The van der Waals surface area contributed by atoms with Crippen molar-refractivity contribution in [3.05, 3.63) is 23.8 Å². The minimum Gasteiger partial charge on any atom is -0.497 e. The highest BCUT2D eigenvalue weighted by Crippen LogP contribution is 2.41. The third-order valence-corrected chi connectivity index (χ3v) is 7.36. The van der Waals surface area contributed by atoms with Crippen LogP contribution in [0, 0.1) is 5.92 Å². The van der Waals surface area contributed by atoms with Crippen LogP contribution in [0.2, 0.25) is 0 Å². The highest BCUT2D eigenvalue weighted by molar-refractivity contribution is 7.89. The van der Waals surface area contributed by atoms with E-state index in [1.165, 1.54) is 4.31 Å². The van der Waals surface area contributed by atoms with Crippen LogP contribution >= 0.6 is 0 Å². The Balaban J connectivity index is 1.77. The minimum atomic E-state index is -3.28. The van der Waals surface area contributed by atoms with Crippen molar-refractivity contribution in [1.29, 1.82) is 0 Å². The van der Waals surface area contributed by atoms with Gasteiger partial charge in [-0.25, -0.2) is 12.7 Å². The van der Waals surface area contributed by atoms with Gasteiger partial charge in [-0.2, -0.15) is 0 Å². The molecule has 2 aliphatic rings. The topological polar surface area (TPSA) is 84.9 Å². The average molecular weight is 411 g/mol. The molecule has 1 aromatic rings. The highest BCUT2D eigenvalue weighted by atomic mass is 32.2. The summed E-state index contributed by atoms with van der Waals surface area (Å²) < 4.78 is 37.2. The number of carbonyl (C=O) groups is 1. The molecule has 156 valence electrons. The van der Waals surface area contributed by atoms with E-state index in [2.05, 4.69) is 5.32 Å². The normalized spacial score (nSPS) is 24.7. The summed E-state index contributed by atoms with van der Waals surface area (Å²) in [6.45, 7) is 6.36. The van der Waals surface area contributed by atoms with Gasteiger partial charge in [0.15, 0.2) is 0 Å². The van der Waals surface area contributed by atoms with E-state index in [9.17, 15) is 13.2 Å². The fourth-order valence-corrected chi connectivity index (χ4v) is 5.15. The number of amides is 1. The zero-order valence-electron chi connectivity index (χ0n) is 17.0. The first kappa shape index (κ1) is 20.9. The second-order valence-electron chi connectivity index (χ2n) is 8.13. The van der Waals surface area contributed by atoms with E-state index < -0.39 is 15.6 Å². The average Bonchev–Trinajstić information content (AvgIpc) is 2.66. The van der Waals surface area contributed by atoms with Crippen LogP contribution in [-0.2, 0) is 14.8 Å². The van der Waals surface area contributed by atoms with Gasteiger partial charge in [-0.1, -0.05) is 0 Å². The van der Waals surface area contributed by atoms with Gasteiger partial charge >= 0.3 is 0 Å². The summed E-state index contributed by atoms with van der Waals surface area (Å²) in [6, 6.07) is 5.43. The summed E-state index contributed by atoms with van der Waals surface area (Å²) in [5.41, 5.74) is 0.490. The van der Waals surface area contributed by atoms with Gasteiger partial charge in [0, 0.05) is 31.1 Å². The van der Waals surface area contributed by atoms with Gasteiger partial charge < -0.3 is 14.8 Å². The van der Waals surface area contributed by atoms with Crippen molar-refractivity contribution in [2.24, 2.45) is 5.92 Å². The van der Waals surface area contributed by atoms with Crippen molar-refractivity contribution in [1.82, 2.24) is 9.62 Å². The summed E-state index contributed by atoms with van der Waals surface area (Å²) >= 11 is 0. The summed E-state index contributed by atoms with van der Waals surface area (Å²) in [5.74, 6) is 1.04. The molecule has 0 aromatic heterocycles. The Bertz CT molecular complexity index is 837. The van der Waals surface area contributed by atoms with Crippen molar-refractivity contribution in [3.63, 3.8) is 0 Å². The smallest absolute Gasteiger partial charge is 0.224 e. The van der Waals surface area contributed by atoms with Gasteiger partial charge in [0.2, 0.25) is 15.9 Å². The second kappa shape index (κ2) is 7.91. The quantitative estimate of drug-likeness (QED) is 0.806. The number of nitrogens with one attached hydrogen (secondary N) is 1. The van der Waals surface area contributed by atoms with Gasteiger partial charge in [-0.15, -0.1) is 0 Å². The Hall–Kier alpha value is -1.80. The highest BCUT2D eigenvalue weighted by Gasteiger charge is 2.37. The van der Waals surface area contributed by atoms with E-state index in [4.69, 9.17) is 9.47 Å². The van der Waals surface area contributed by atoms with E-state index in [1.54, 1.807) is 14.0 Å². The molecule has 28 heavy (non-hydrogen) atoms. The zero-order chi connectivity index (χ0) is 20.5. The van der Waals surface area contributed by atoms with Gasteiger partial charge in [0.1, 0.15) is 17.1 Å². The fourth-order valence-electron chi connectivity index (χ4n) is 3.97. The van der Waals surface area contributed by atoms with Gasteiger partial charge in [0.25, 0.3) is 0 Å². The number of ether oxygens (including phenoxy) is 2. The lowest BCUT2D eigenvalue weighted by atomic mass is 9.88. The predicted molar refractivity (Wildman–Crippen MR) is 107 cm³/mol. The van der Waals surface area contributed by atoms with E-state index in [0.717, 1.165) is 5.56 Å². The lowest BCUT2D eigenvalue weighted by Gasteiger charge is -2.39. The van der Waals surface area contributed by atoms with Crippen LogP contribution in [0.3, 0.4) is 0 Å². The predicted octanol–water partition coefficient (Wildman–Crippen LogP) is 2.48. The molecule has 0 bridgehead atoms. The summed E-state index contributed by atoms with van der Waals surface area (Å²) in [5, 5.41) is 3.15. The van der Waals surface area contributed by atoms with E-state index in [-0.39, 0.29) is 30.2 Å². The largest absolute Gasteiger partial charge is 0.497 e. The van der Waals surface area contributed by atoms with Crippen LogP contribution in [0.15, 0.2) is 18.2 Å². The lowest BCUT2D eigenvalue weighted by molar-refractivity contribution is -0.127. The number of carbonyl (C=O) groups excluding carboxylic acids is 1. The first-order valence-electron chi connectivity index (χ1n) is 9.80. The van der Waals surface area contributed by atoms with E-state index in [0.29, 0.717) is 37.3 Å². The number of piperidine rings is 1. The first-order chi connectivity index (χ1) is 13.1. The number of hydrogen-bond acceptors (Lipinski definition) is 5. The number of sulfonamides is 1. The van der Waals surface area contributed by atoms with Crippen molar-refractivity contribution < 1.29 is 22.7 Å². The Morgan fingerprint density at radius 3 is 2.82 bits per heavy atom. The van der Waals surface area contributed by atoms with Crippen molar-refractivity contribution in [2.45, 2.75) is 51.7 Å². The zero-order valence-corrected chi connectivity index (χ0v) is 17.8. The Morgan fingerprint density at radius 1 is 1.39 bits per heavy atom. The van der Waals surface area contributed by atoms with Crippen LogP contribution < -0.4 is 14.8 Å². The number of methoxy groups -OCH3 is 1. The maximum atomic E-state index is 13.0. The van der Waals surface area contributed by atoms with Crippen molar-refractivity contribution >= 4 is 15.9 Å². The molecule has 0 spiro atoms. The Labute approximate surface area is 167 Å². The molecule has 0 unspecified atom stereocenters. The molecule has 1 fully saturated rings. The van der Waals surface area contributed by atoms with Crippen molar-refractivity contribution in [2.75, 3.05) is 26.0 Å². The molecular weight excluding hydrogens is 380 g/mol. The van der Waals surface area contributed by atoms with E-state index in [1.807, 2.05) is 32.0 Å². The number of rotatable bonds is 5. The number of fused-ring (bicyclic) bond motifs is 1. The minimum absolute atomic E-state index is 0.0602. The maximum Gasteiger partial charge on any atom is 0.224 e. The number of nitrogens with zero attached hydrogens (tertiary/aromatic N) is 1. The number of hydrogen-bond donors (Lipinski definition) is 1. The molecule has 2 atom stereocenters. The van der Waals surface area contributed by atoms with Crippen LogP contribution in [0.25, 0.3) is 0 Å². The van der Waals surface area contributed by atoms with Crippen LogP contribution in [0.4, 0.5) is 0 Å². The van der Waals surface area contributed by atoms with E-state index >= 15 is 0 Å². The molecule has 1 saturated heterocycles. The maximum absolute atomic E-state index is 13.0. The second-order valence-corrected chi connectivity index (χ2v) is 10.4. The lowest BCUT2D eigenvalue weighted by Crippen LogP contribution is -2.48. The summed E-state index contributed by atoms with van der Waals surface area (Å²) in [6.07, 6.45) is 2.04. The standard InChI is InChI=1S/C20H30N2O5S/c1-5-28(24,25)22-10-6-7-14(13-22)19(23)21-17-12-20(2,3)27-18-11-15(26-4)8-9-16(17)18/h8-9,11,14,17H,5-7,10,12-13H2,1-4H3,(H,21,23)/t14-,17-/m0/s1. The summed E-state index contributed by atoms with van der Waals surface area (Å²) in [7, 11) is -1.67. The molecule has 0 aliphatic carbocycles. The Kier molecular flexibility index (Phi) is 5.91. The molecular formula is C20H30N2O5S. The summed E-state index contributed by atoms with van der Waals surface area (Å²) in [4.78, 5) is 13.0. The molecule has 1 amide bonds. The SMILES string of the molecule is CCS(=O)(=O)N1CCC[C@H](C(=O)N[C@H]2CC(C)(C)Oc3cc(OC)ccc32)C1. The monoisotopic (exact) mass is 410 g/mol. The molecule has 2 heterocycles. The molecule has 1 N–H and O–H groups in total. The van der Waals surface area contributed by atoms with Gasteiger partial charge in [-0.05, 0) is 45.7 Å². The third-order valence-electron chi connectivity index (χ3n) is 5.51. The van der Waals surface area contributed by atoms with Crippen LogP contribution in [-0.4, -0.2) is 50.2 Å². The molecule has 0 radical (unpaired) electrons. The van der Waals surface area contributed by atoms with Crippen molar-refractivity contribution in [3.8, 4) is 11.5 Å². The third kappa shape index (κ3) is 4.43. The fraction of sp³-hybridized carbons (Fsp3) is 0.650. The first-order valence-corrected chi connectivity index (χ1v) is 11.4. The molecule has 8 heteroatoms. The molecule has 2 aliphatic heterocycles. The molecule has 3 rings (SSSR count). The molecule has 1 aromatic carbocycles. The number of benzene rings is 1. The van der Waals surface area contributed by atoms with Crippen LogP contribution in [0.1, 0.15) is 51.6 Å². The Morgan fingerprint density at radius 2 is 2.14 bits per heavy atom. The molecule has 0 saturated carbocycles. The van der Waals surface area contributed by atoms with Crippen LogP contribution in [0.5, 0.6) is 11.5 Å². The van der Waals surface area contributed by atoms with Gasteiger partial charge in [-0.3, -0.25) is 4.79 Å².